The highest BCUT2D eigenvalue weighted by molar-refractivity contribution is 7.14. The SMILES string of the molecule is CCOc1ccc2oc(-c3csc(NC(=O)/C=C/c4ccccc4Cl)n3)cc2c1. The van der Waals surface area contributed by atoms with Gasteiger partial charge in [-0.1, -0.05) is 29.8 Å². The summed E-state index contributed by atoms with van der Waals surface area (Å²) in [7, 11) is 0. The molecule has 0 fully saturated rings. The van der Waals surface area contributed by atoms with Crippen LogP contribution < -0.4 is 10.1 Å². The number of rotatable bonds is 6. The van der Waals surface area contributed by atoms with Crippen molar-refractivity contribution in [2.75, 3.05) is 11.9 Å². The Morgan fingerprint density at radius 2 is 2.14 bits per heavy atom. The molecule has 7 heteroatoms. The monoisotopic (exact) mass is 424 g/mol. The van der Waals surface area contributed by atoms with E-state index in [1.54, 1.807) is 12.1 Å². The molecule has 0 unspecified atom stereocenters. The van der Waals surface area contributed by atoms with Crippen LogP contribution in [0.25, 0.3) is 28.5 Å². The number of nitrogens with zero attached hydrogens (tertiary/aromatic N) is 1. The van der Waals surface area contributed by atoms with Gasteiger partial charge in [0.15, 0.2) is 10.9 Å². The number of ether oxygens (including phenoxy) is 1. The predicted molar refractivity (Wildman–Crippen MR) is 118 cm³/mol. The molecular weight excluding hydrogens is 408 g/mol. The molecule has 0 bridgehead atoms. The van der Waals surface area contributed by atoms with E-state index in [1.165, 1.54) is 17.4 Å². The third-order valence-corrected chi connectivity index (χ3v) is 5.21. The van der Waals surface area contributed by atoms with Gasteiger partial charge in [-0.05, 0) is 48.9 Å². The summed E-state index contributed by atoms with van der Waals surface area (Å²) >= 11 is 7.42. The Hall–Kier alpha value is -3.09. The third kappa shape index (κ3) is 4.50. The van der Waals surface area contributed by atoms with Crippen molar-refractivity contribution in [1.82, 2.24) is 4.98 Å². The highest BCUT2D eigenvalue weighted by Gasteiger charge is 2.12. The Balaban J connectivity index is 1.47. The van der Waals surface area contributed by atoms with Crippen LogP contribution in [0.2, 0.25) is 5.02 Å². The number of carbonyl (C=O) groups excluding carboxylic acids is 1. The second-order valence-corrected chi connectivity index (χ2v) is 7.39. The fourth-order valence-corrected chi connectivity index (χ4v) is 3.67. The molecule has 2 aromatic heterocycles. The third-order valence-electron chi connectivity index (χ3n) is 4.11. The van der Waals surface area contributed by atoms with Crippen molar-refractivity contribution < 1.29 is 13.9 Å². The van der Waals surface area contributed by atoms with E-state index in [4.69, 9.17) is 20.8 Å². The molecule has 1 N–H and O–H groups in total. The van der Waals surface area contributed by atoms with E-state index in [-0.39, 0.29) is 5.91 Å². The highest BCUT2D eigenvalue weighted by atomic mass is 35.5. The molecule has 0 saturated carbocycles. The Labute approximate surface area is 176 Å². The Morgan fingerprint density at radius 3 is 2.97 bits per heavy atom. The minimum absolute atomic E-state index is 0.281. The van der Waals surface area contributed by atoms with Crippen molar-refractivity contribution in [3.63, 3.8) is 0 Å². The molecule has 0 aliphatic rings. The van der Waals surface area contributed by atoms with Crippen molar-refractivity contribution in [3.8, 4) is 17.2 Å². The first-order valence-electron chi connectivity index (χ1n) is 8.98. The quantitative estimate of drug-likeness (QED) is 0.371. The largest absolute Gasteiger partial charge is 0.494 e. The lowest BCUT2D eigenvalue weighted by atomic mass is 10.2. The summed E-state index contributed by atoms with van der Waals surface area (Å²) in [5.41, 5.74) is 2.19. The summed E-state index contributed by atoms with van der Waals surface area (Å²) in [6, 6.07) is 14.9. The van der Waals surface area contributed by atoms with Crippen LogP contribution in [-0.4, -0.2) is 17.5 Å². The number of thiazole rings is 1. The minimum atomic E-state index is -0.281. The van der Waals surface area contributed by atoms with Crippen molar-refractivity contribution in [1.29, 1.82) is 0 Å². The van der Waals surface area contributed by atoms with Gasteiger partial charge in [0.25, 0.3) is 0 Å². The zero-order valence-electron chi connectivity index (χ0n) is 15.5. The van der Waals surface area contributed by atoms with Gasteiger partial charge in [-0.2, -0.15) is 0 Å². The number of furan rings is 1. The summed E-state index contributed by atoms with van der Waals surface area (Å²) in [6.45, 7) is 2.55. The van der Waals surface area contributed by atoms with Crippen LogP contribution in [0.15, 0.2) is 64.4 Å². The fourth-order valence-electron chi connectivity index (χ4n) is 2.77. The summed E-state index contributed by atoms with van der Waals surface area (Å²) < 4.78 is 11.4. The molecule has 0 atom stereocenters. The molecule has 2 aromatic carbocycles. The second-order valence-electron chi connectivity index (χ2n) is 6.13. The van der Waals surface area contributed by atoms with Gasteiger partial charge < -0.3 is 9.15 Å². The van der Waals surface area contributed by atoms with Gasteiger partial charge in [0.2, 0.25) is 5.91 Å². The number of nitrogens with one attached hydrogen (secondary N) is 1. The summed E-state index contributed by atoms with van der Waals surface area (Å²) in [6.07, 6.45) is 3.10. The normalized spacial score (nSPS) is 11.2. The second kappa shape index (κ2) is 8.51. The highest BCUT2D eigenvalue weighted by Crippen LogP contribution is 2.32. The van der Waals surface area contributed by atoms with Crippen LogP contribution >= 0.6 is 22.9 Å². The van der Waals surface area contributed by atoms with Crippen LogP contribution in [0, 0.1) is 0 Å². The molecule has 0 aliphatic carbocycles. The van der Waals surface area contributed by atoms with Crippen molar-refractivity contribution in [3.05, 3.63) is 70.6 Å². The molecule has 29 heavy (non-hydrogen) atoms. The van der Waals surface area contributed by atoms with Gasteiger partial charge in [0.05, 0.1) is 6.61 Å². The zero-order valence-corrected chi connectivity index (χ0v) is 17.1. The maximum atomic E-state index is 12.2. The Bertz CT molecular complexity index is 1200. The minimum Gasteiger partial charge on any atom is -0.494 e. The molecule has 0 saturated heterocycles. The number of fused-ring (bicyclic) bond motifs is 1. The first kappa shape index (κ1) is 19.2. The summed E-state index contributed by atoms with van der Waals surface area (Å²) in [5, 5.41) is 6.62. The zero-order chi connectivity index (χ0) is 20.2. The number of aromatic nitrogens is 1. The van der Waals surface area contributed by atoms with Crippen molar-refractivity contribution in [2.45, 2.75) is 6.92 Å². The summed E-state index contributed by atoms with van der Waals surface area (Å²) in [5.74, 6) is 1.15. The van der Waals surface area contributed by atoms with Gasteiger partial charge in [-0.25, -0.2) is 4.98 Å². The molecule has 0 aliphatic heterocycles. The first-order chi connectivity index (χ1) is 14.1. The van der Waals surface area contributed by atoms with Crippen LogP contribution in [0.5, 0.6) is 5.75 Å². The van der Waals surface area contributed by atoms with E-state index in [1.807, 2.05) is 54.8 Å². The number of benzene rings is 2. The number of carbonyl (C=O) groups is 1. The number of halogens is 1. The predicted octanol–water partition coefficient (Wildman–Crippen LogP) is 6.26. The molecule has 0 spiro atoms. The van der Waals surface area contributed by atoms with E-state index in [9.17, 15) is 4.79 Å². The van der Waals surface area contributed by atoms with E-state index < -0.39 is 0 Å². The van der Waals surface area contributed by atoms with Crippen LogP contribution in [-0.2, 0) is 4.79 Å². The number of amides is 1. The van der Waals surface area contributed by atoms with Gasteiger partial charge in [0.1, 0.15) is 17.0 Å². The molecule has 146 valence electrons. The Morgan fingerprint density at radius 1 is 1.28 bits per heavy atom. The average Bonchev–Trinajstić information content (AvgIpc) is 3.34. The Kier molecular flexibility index (Phi) is 5.64. The van der Waals surface area contributed by atoms with Gasteiger partial charge in [-0.3, -0.25) is 10.1 Å². The van der Waals surface area contributed by atoms with Crippen LogP contribution in [0.4, 0.5) is 5.13 Å². The molecule has 2 heterocycles. The molecular formula is C22H17ClN2O3S. The van der Waals surface area contributed by atoms with E-state index in [0.29, 0.717) is 28.2 Å². The van der Waals surface area contributed by atoms with Gasteiger partial charge in [0, 0.05) is 21.9 Å². The van der Waals surface area contributed by atoms with Crippen LogP contribution in [0.1, 0.15) is 12.5 Å². The van der Waals surface area contributed by atoms with Crippen molar-refractivity contribution in [2.24, 2.45) is 0 Å². The maximum absolute atomic E-state index is 12.2. The van der Waals surface area contributed by atoms with Crippen LogP contribution in [0.3, 0.4) is 0 Å². The van der Waals surface area contributed by atoms with E-state index in [0.717, 1.165) is 22.3 Å². The molecule has 1 amide bonds. The molecule has 4 rings (SSSR count). The lowest BCUT2D eigenvalue weighted by molar-refractivity contribution is -0.111. The molecule has 4 aromatic rings. The van der Waals surface area contributed by atoms with Gasteiger partial charge >= 0.3 is 0 Å². The van der Waals surface area contributed by atoms with Crippen molar-refractivity contribution >= 4 is 51.0 Å². The van der Waals surface area contributed by atoms with E-state index in [2.05, 4.69) is 10.3 Å². The van der Waals surface area contributed by atoms with E-state index >= 15 is 0 Å². The average molecular weight is 425 g/mol. The molecule has 5 nitrogen and oxygen atoms in total. The topological polar surface area (TPSA) is 64.4 Å². The number of hydrogen-bond acceptors (Lipinski definition) is 5. The maximum Gasteiger partial charge on any atom is 0.250 e. The number of anilines is 1. The fraction of sp³-hybridized carbons (Fsp3) is 0.0909. The standard InChI is InChI=1S/C22H17ClN2O3S/c1-2-27-16-8-9-19-15(11-16)12-20(28-19)18-13-29-22(24-18)25-21(26)10-7-14-5-3-4-6-17(14)23/h3-13H,2H2,1H3,(H,24,25,26)/b10-7+. The lowest BCUT2D eigenvalue weighted by Crippen LogP contribution is -2.07. The summed E-state index contributed by atoms with van der Waals surface area (Å²) in [4.78, 5) is 16.6. The lowest BCUT2D eigenvalue weighted by Gasteiger charge is -2.00. The van der Waals surface area contributed by atoms with Gasteiger partial charge in [-0.15, -0.1) is 11.3 Å². The number of hydrogen-bond donors (Lipinski definition) is 1. The smallest absolute Gasteiger partial charge is 0.250 e. The molecule has 0 radical (unpaired) electrons. The first-order valence-corrected chi connectivity index (χ1v) is 10.2.